The number of nitrogens with zero attached hydrogens (tertiary/aromatic N) is 4. The van der Waals surface area contributed by atoms with Crippen LogP contribution in [0.15, 0.2) is 42.5 Å². The molecule has 0 bridgehead atoms. The minimum atomic E-state index is -0.335. The molecule has 0 aliphatic carbocycles. The van der Waals surface area contributed by atoms with Crippen LogP contribution in [0, 0.1) is 6.92 Å². The molecule has 134 valence electrons. The molecule has 0 radical (unpaired) electrons. The number of carbonyl (C=O) groups excluding carboxylic acids is 1. The second-order valence-electron chi connectivity index (χ2n) is 5.56. The molecule has 0 unspecified atom stereocenters. The summed E-state index contributed by atoms with van der Waals surface area (Å²) in [5, 5.41) is 14.5. The van der Waals surface area contributed by atoms with E-state index in [-0.39, 0.29) is 12.5 Å². The molecule has 2 aromatic carbocycles. The molecule has 0 saturated heterocycles. The minimum Gasteiger partial charge on any atom is -0.496 e. The lowest BCUT2D eigenvalue weighted by molar-refractivity contribution is 0.0943. The first-order valence-electron chi connectivity index (χ1n) is 7.97. The molecule has 3 rings (SSSR count). The van der Waals surface area contributed by atoms with Crippen molar-refractivity contribution in [3.63, 3.8) is 0 Å². The molecule has 1 heterocycles. The molecule has 8 heteroatoms. The van der Waals surface area contributed by atoms with E-state index >= 15 is 0 Å². The normalized spacial score (nSPS) is 10.4. The van der Waals surface area contributed by atoms with Crippen molar-refractivity contribution in [1.29, 1.82) is 0 Å². The Morgan fingerprint density at radius 3 is 2.35 bits per heavy atom. The van der Waals surface area contributed by atoms with Crippen LogP contribution in [0.3, 0.4) is 0 Å². The van der Waals surface area contributed by atoms with Crippen molar-refractivity contribution >= 4 is 5.91 Å². The Balaban J connectivity index is 1.80. The molecule has 26 heavy (non-hydrogen) atoms. The molecule has 8 nitrogen and oxygen atoms in total. The molecular weight excluding hydrogens is 334 g/mol. The summed E-state index contributed by atoms with van der Waals surface area (Å²) in [4.78, 5) is 12.6. The fourth-order valence-electron chi connectivity index (χ4n) is 2.53. The van der Waals surface area contributed by atoms with Gasteiger partial charge in [-0.15, -0.1) is 5.10 Å². The zero-order valence-electron chi connectivity index (χ0n) is 14.8. The van der Waals surface area contributed by atoms with E-state index in [2.05, 4.69) is 20.8 Å². The van der Waals surface area contributed by atoms with Gasteiger partial charge in [-0.05, 0) is 41.6 Å². The van der Waals surface area contributed by atoms with Gasteiger partial charge >= 0.3 is 0 Å². The van der Waals surface area contributed by atoms with Crippen molar-refractivity contribution in [3.8, 4) is 17.2 Å². The average Bonchev–Trinajstić information content (AvgIpc) is 3.14. The first kappa shape index (κ1) is 17.4. The van der Waals surface area contributed by atoms with E-state index in [0.717, 1.165) is 11.3 Å². The zero-order chi connectivity index (χ0) is 18.5. The largest absolute Gasteiger partial charge is 0.496 e. The van der Waals surface area contributed by atoms with Crippen molar-refractivity contribution in [2.24, 2.45) is 0 Å². The number of rotatable bonds is 6. The van der Waals surface area contributed by atoms with E-state index in [1.54, 1.807) is 22.9 Å². The summed E-state index contributed by atoms with van der Waals surface area (Å²) in [7, 11) is 3.01. The molecule has 3 aromatic rings. The average molecular weight is 353 g/mol. The highest BCUT2D eigenvalue weighted by molar-refractivity contribution is 5.99. The highest BCUT2D eigenvalue weighted by Crippen LogP contribution is 2.28. The Bertz CT molecular complexity index is 883. The lowest BCUT2D eigenvalue weighted by Gasteiger charge is -2.13. The summed E-state index contributed by atoms with van der Waals surface area (Å²) >= 11 is 0. The molecule has 0 atom stereocenters. The van der Waals surface area contributed by atoms with Gasteiger partial charge in [0.25, 0.3) is 5.91 Å². The van der Waals surface area contributed by atoms with E-state index < -0.39 is 0 Å². The fourth-order valence-corrected chi connectivity index (χ4v) is 2.53. The van der Waals surface area contributed by atoms with E-state index in [1.165, 1.54) is 14.2 Å². The molecule has 0 saturated carbocycles. The fraction of sp³-hybridized carbons (Fsp3) is 0.222. The van der Waals surface area contributed by atoms with Gasteiger partial charge < -0.3 is 14.8 Å². The van der Waals surface area contributed by atoms with Gasteiger partial charge in [0.05, 0.1) is 26.5 Å². The first-order valence-corrected chi connectivity index (χ1v) is 7.97. The number of carbonyl (C=O) groups is 1. The monoisotopic (exact) mass is 353 g/mol. The number of ether oxygens (including phenoxy) is 2. The quantitative estimate of drug-likeness (QED) is 0.728. The van der Waals surface area contributed by atoms with E-state index in [4.69, 9.17) is 9.47 Å². The highest BCUT2D eigenvalue weighted by atomic mass is 16.5. The van der Waals surface area contributed by atoms with E-state index in [1.807, 2.05) is 31.2 Å². The maximum atomic E-state index is 12.6. The van der Waals surface area contributed by atoms with Gasteiger partial charge in [-0.1, -0.05) is 23.8 Å². The number of hydrogen-bond acceptors (Lipinski definition) is 6. The molecule has 0 aliphatic rings. The number of tetrazole rings is 1. The van der Waals surface area contributed by atoms with Crippen LogP contribution in [0.1, 0.15) is 21.7 Å². The smallest absolute Gasteiger partial charge is 0.259 e. The Labute approximate surface area is 150 Å². The maximum Gasteiger partial charge on any atom is 0.259 e. The van der Waals surface area contributed by atoms with Crippen molar-refractivity contribution in [2.75, 3.05) is 14.2 Å². The van der Waals surface area contributed by atoms with E-state index in [0.29, 0.717) is 22.9 Å². The third kappa shape index (κ3) is 3.49. The van der Waals surface area contributed by atoms with Crippen LogP contribution in [0.5, 0.6) is 11.5 Å². The summed E-state index contributed by atoms with van der Waals surface area (Å²) in [6.45, 7) is 2.16. The third-order valence-electron chi connectivity index (χ3n) is 3.87. The van der Waals surface area contributed by atoms with Crippen LogP contribution in [0.25, 0.3) is 5.69 Å². The van der Waals surface area contributed by atoms with Gasteiger partial charge in [-0.3, -0.25) is 4.79 Å². The Hall–Kier alpha value is -3.42. The summed E-state index contributed by atoms with van der Waals surface area (Å²) in [6.07, 6.45) is 0. The van der Waals surface area contributed by atoms with Gasteiger partial charge in [-0.25, -0.2) is 0 Å². The zero-order valence-corrected chi connectivity index (χ0v) is 14.8. The summed E-state index contributed by atoms with van der Waals surface area (Å²) in [5.74, 6) is 1.04. The van der Waals surface area contributed by atoms with Gasteiger partial charge in [-0.2, -0.15) is 4.68 Å². The van der Waals surface area contributed by atoms with Crippen LogP contribution < -0.4 is 14.8 Å². The van der Waals surface area contributed by atoms with Crippen molar-refractivity contribution in [3.05, 3.63) is 59.4 Å². The number of amides is 1. The van der Waals surface area contributed by atoms with Crippen LogP contribution in [-0.4, -0.2) is 40.3 Å². The van der Waals surface area contributed by atoms with Crippen molar-refractivity contribution < 1.29 is 14.3 Å². The number of aromatic nitrogens is 4. The van der Waals surface area contributed by atoms with Crippen LogP contribution in [-0.2, 0) is 6.54 Å². The van der Waals surface area contributed by atoms with Gasteiger partial charge in [0.1, 0.15) is 17.1 Å². The van der Waals surface area contributed by atoms with Crippen LogP contribution in [0.2, 0.25) is 0 Å². The SMILES string of the molecule is COc1cccc(OC)c1C(=O)NCc1nnnn1-c1ccc(C)cc1. The van der Waals surface area contributed by atoms with Gasteiger partial charge in [0, 0.05) is 0 Å². The lowest BCUT2D eigenvalue weighted by atomic mass is 10.1. The molecule has 0 spiro atoms. The van der Waals surface area contributed by atoms with Crippen molar-refractivity contribution in [2.45, 2.75) is 13.5 Å². The number of methoxy groups -OCH3 is 2. The number of hydrogen-bond donors (Lipinski definition) is 1. The van der Waals surface area contributed by atoms with E-state index in [9.17, 15) is 4.79 Å². The predicted molar refractivity (Wildman–Crippen MR) is 94.6 cm³/mol. The van der Waals surface area contributed by atoms with Crippen LogP contribution >= 0.6 is 0 Å². The Kier molecular flexibility index (Phi) is 5.12. The second kappa shape index (κ2) is 7.64. The van der Waals surface area contributed by atoms with Gasteiger partial charge in [0.15, 0.2) is 5.82 Å². The Morgan fingerprint density at radius 1 is 1.08 bits per heavy atom. The summed E-state index contributed by atoms with van der Waals surface area (Å²) in [6, 6.07) is 12.9. The summed E-state index contributed by atoms with van der Waals surface area (Å²) in [5.41, 5.74) is 2.28. The molecule has 0 fully saturated rings. The Morgan fingerprint density at radius 2 is 1.73 bits per heavy atom. The maximum absolute atomic E-state index is 12.6. The number of nitrogens with one attached hydrogen (secondary N) is 1. The number of aryl methyl sites for hydroxylation is 1. The highest BCUT2D eigenvalue weighted by Gasteiger charge is 2.19. The lowest BCUT2D eigenvalue weighted by Crippen LogP contribution is -2.25. The van der Waals surface area contributed by atoms with Crippen molar-refractivity contribution in [1.82, 2.24) is 25.5 Å². The standard InChI is InChI=1S/C18H19N5O3/c1-12-7-9-13(10-8-12)23-16(20-21-22-23)11-19-18(24)17-14(25-2)5-4-6-15(17)26-3/h4-10H,11H2,1-3H3,(H,19,24). The molecule has 1 amide bonds. The minimum absolute atomic E-state index is 0.154. The first-order chi connectivity index (χ1) is 12.6. The second-order valence-corrected chi connectivity index (χ2v) is 5.56. The molecule has 1 N–H and O–H groups in total. The molecule has 1 aromatic heterocycles. The topological polar surface area (TPSA) is 91.2 Å². The molecular formula is C18H19N5O3. The summed E-state index contributed by atoms with van der Waals surface area (Å²) < 4.78 is 12.1. The predicted octanol–water partition coefficient (Wildman–Crippen LogP) is 1.92. The van der Waals surface area contributed by atoms with Gasteiger partial charge in [0.2, 0.25) is 0 Å². The third-order valence-corrected chi connectivity index (χ3v) is 3.87. The number of benzene rings is 2. The molecule has 0 aliphatic heterocycles. The van der Waals surface area contributed by atoms with Crippen LogP contribution in [0.4, 0.5) is 0 Å².